The molecule has 0 aromatic heterocycles. The van der Waals surface area contributed by atoms with Crippen molar-refractivity contribution < 1.29 is 14.6 Å². The van der Waals surface area contributed by atoms with Crippen LogP contribution in [-0.4, -0.2) is 19.3 Å². The van der Waals surface area contributed by atoms with Gasteiger partial charge in [0.15, 0.2) is 0 Å². The van der Waals surface area contributed by atoms with Crippen LogP contribution in [-0.2, 0) is 12.8 Å². The van der Waals surface area contributed by atoms with Gasteiger partial charge in [-0.2, -0.15) is 0 Å². The smallest absolute Gasteiger partial charge is 0.127 e. The molecule has 0 heterocycles. The van der Waals surface area contributed by atoms with Crippen LogP contribution in [0.5, 0.6) is 17.2 Å². The van der Waals surface area contributed by atoms with Crippen molar-refractivity contribution >= 4 is 23.8 Å². The number of benzene rings is 3. The number of hydrogen-bond acceptors (Lipinski definition) is 3. The number of methoxy groups -OCH3 is 2. The molecule has 0 radical (unpaired) electrons. The highest BCUT2D eigenvalue weighted by Crippen LogP contribution is 2.45. The topological polar surface area (TPSA) is 38.7 Å². The van der Waals surface area contributed by atoms with Crippen LogP contribution < -0.4 is 25.4 Å². The molecule has 1 aliphatic rings. The number of hydrogen-bond donors (Lipinski definition) is 1. The molecule has 0 fully saturated rings. The van der Waals surface area contributed by atoms with Crippen LogP contribution >= 0.6 is 7.92 Å². The molecular weight excluding hydrogens is 379 g/mol. The number of ether oxygens (including phenoxy) is 2. The highest BCUT2D eigenvalue weighted by Gasteiger charge is 2.30. The van der Waals surface area contributed by atoms with Crippen molar-refractivity contribution in [3.63, 3.8) is 0 Å². The molecular formula is C25H27O3P. The predicted molar refractivity (Wildman–Crippen MR) is 121 cm³/mol. The average Bonchev–Trinajstić information content (AvgIpc) is 3.21. The molecule has 3 aromatic carbocycles. The van der Waals surface area contributed by atoms with Gasteiger partial charge in [-0.25, -0.2) is 0 Å². The maximum atomic E-state index is 11.3. The Morgan fingerprint density at radius 3 is 1.93 bits per heavy atom. The van der Waals surface area contributed by atoms with Crippen molar-refractivity contribution in [2.45, 2.75) is 33.1 Å². The van der Waals surface area contributed by atoms with Crippen LogP contribution in [0.25, 0.3) is 0 Å². The number of rotatable bonds is 5. The zero-order valence-electron chi connectivity index (χ0n) is 17.5. The Morgan fingerprint density at radius 1 is 0.793 bits per heavy atom. The van der Waals surface area contributed by atoms with Gasteiger partial charge in [-0.15, -0.1) is 0 Å². The summed E-state index contributed by atoms with van der Waals surface area (Å²) in [6.07, 6.45) is 3.09. The largest absolute Gasteiger partial charge is 0.507 e. The van der Waals surface area contributed by atoms with Crippen molar-refractivity contribution in [3.05, 3.63) is 70.8 Å². The van der Waals surface area contributed by atoms with E-state index >= 15 is 0 Å². The maximum Gasteiger partial charge on any atom is 0.127 e. The SMILES string of the molecule is COc1cccc(C)c1P(c1ccc2c(c1O)CCC2)c1c(C)cccc1OC. The molecule has 0 amide bonds. The second-order valence-corrected chi connectivity index (χ2v) is 9.56. The summed E-state index contributed by atoms with van der Waals surface area (Å²) in [6.45, 7) is 4.23. The van der Waals surface area contributed by atoms with E-state index in [2.05, 4.69) is 38.1 Å². The van der Waals surface area contributed by atoms with Crippen molar-refractivity contribution in [3.8, 4) is 17.2 Å². The maximum absolute atomic E-state index is 11.3. The van der Waals surface area contributed by atoms with Gasteiger partial charge in [0.25, 0.3) is 0 Å². The van der Waals surface area contributed by atoms with Gasteiger partial charge in [0.2, 0.25) is 0 Å². The second kappa shape index (κ2) is 8.08. The molecule has 1 aliphatic carbocycles. The number of phenolic OH excluding ortho intramolecular Hbond substituents is 1. The first-order valence-corrected chi connectivity index (χ1v) is 11.3. The Balaban J connectivity index is 2.06. The van der Waals surface area contributed by atoms with Gasteiger partial charge in [-0.1, -0.05) is 30.3 Å². The number of fused-ring (bicyclic) bond motifs is 1. The summed E-state index contributed by atoms with van der Waals surface area (Å²) in [6, 6.07) is 16.6. The quantitative estimate of drug-likeness (QED) is 0.643. The molecule has 4 heteroatoms. The molecule has 4 rings (SSSR count). The summed E-state index contributed by atoms with van der Waals surface area (Å²) in [7, 11) is 2.36. The van der Waals surface area contributed by atoms with E-state index in [1.54, 1.807) is 14.2 Å². The molecule has 0 spiro atoms. The van der Waals surface area contributed by atoms with E-state index in [1.807, 2.05) is 24.3 Å². The van der Waals surface area contributed by atoms with Crippen LogP contribution in [0.1, 0.15) is 28.7 Å². The Kier molecular flexibility index (Phi) is 5.52. The Bertz CT molecular complexity index is 1000. The summed E-state index contributed by atoms with van der Waals surface area (Å²) in [5.74, 6) is 2.14. The van der Waals surface area contributed by atoms with Crippen molar-refractivity contribution in [1.29, 1.82) is 0 Å². The Morgan fingerprint density at radius 2 is 1.38 bits per heavy atom. The average molecular weight is 406 g/mol. The molecule has 150 valence electrons. The van der Waals surface area contributed by atoms with Crippen molar-refractivity contribution in [2.24, 2.45) is 0 Å². The first kappa shape index (κ1) is 19.8. The lowest BCUT2D eigenvalue weighted by Gasteiger charge is -2.27. The number of aromatic hydroxyl groups is 1. The van der Waals surface area contributed by atoms with Crippen molar-refractivity contribution in [1.82, 2.24) is 0 Å². The van der Waals surface area contributed by atoms with E-state index < -0.39 is 7.92 Å². The molecule has 0 atom stereocenters. The van der Waals surface area contributed by atoms with Gasteiger partial charge in [0.05, 0.1) is 14.2 Å². The third kappa shape index (κ3) is 3.38. The van der Waals surface area contributed by atoms with E-state index in [0.29, 0.717) is 5.75 Å². The normalized spacial score (nSPS) is 12.9. The summed E-state index contributed by atoms with van der Waals surface area (Å²) in [5, 5.41) is 14.6. The lowest BCUT2D eigenvalue weighted by Crippen LogP contribution is -2.27. The lowest BCUT2D eigenvalue weighted by molar-refractivity contribution is 0.417. The summed E-state index contributed by atoms with van der Waals surface area (Å²) < 4.78 is 11.6. The monoisotopic (exact) mass is 406 g/mol. The molecule has 3 nitrogen and oxygen atoms in total. The minimum Gasteiger partial charge on any atom is -0.507 e. The van der Waals surface area contributed by atoms with Crippen LogP contribution in [0.2, 0.25) is 0 Å². The van der Waals surface area contributed by atoms with E-state index in [0.717, 1.165) is 63.4 Å². The lowest BCUT2D eigenvalue weighted by atomic mass is 10.1. The van der Waals surface area contributed by atoms with Crippen molar-refractivity contribution in [2.75, 3.05) is 14.2 Å². The van der Waals surface area contributed by atoms with Gasteiger partial charge in [0.1, 0.15) is 17.2 Å². The molecule has 0 saturated carbocycles. The molecule has 0 unspecified atom stereocenters. The summed E-state index contributed by atoms with van der Waals surface area (Å²) in [4.78, 5) is 0. The van der Waals surface area contributed by atoms with E-state index in [-0.39, 0.29) is 0 Å². The standard InChI is InChI=1S/C25H27O3P/c1-16-8-5-12-20(27-3)24(16)29(25-17(2)9-6-13-21(25)28-4)22-15-14-18-10-7-11-19(18)23(22)26/h5-6,8-9,12-15,26H,7,10-11H2,1-4H3. The van der Waals surface area contributed by atoms with E-state index in [9.17, 15) is 5.11 Å². The highest BCUT2D eigenvalue weighted by atomic mass is 31.1. The predicted octanol–water partition coefficient (Wildman–Crippen LogP) is 4.27. The van der Waals surface area contributed by atoms with E-state index in [4.69, 9.17) is 9.47 Å². The van der Waals surface area contributed by atoms with Gasteiger partial charge < -0.3 is 14.6 Å². The molecule has 0 bridgehead atoms. The third-order valence-corrected chi connectivity index (χ3v) is 8.64. The molecule has 1 N–H and O–H groups in total. The summed E-state index contributed by atoms with van der Waals surface area (Å²) in [5.41, 5.74) is 4.69. The van der Waals surface area contributed by atoms with Gasteiger partial charge in [0, 0.05) is 15.9 Å². The highest BCUT2D eigenvalue weighted by molar-refractivity contribution is 7.80. The minimum absolute atomic E-state index is 0.446. The Hall–Kier alpha value is -2.51. The fraction of sp³-hybridized carbons (Fsp3) is 0.280. The van der Waals surface area contributed by atoms with E-state index in [1.165, 1.54) is 5.56 Å². The first-order chi connectivity index (χ1) is 14.1. The fourth-order valence-electron chi connectivity index (χ4n) is 4.33. The molecule has 3 aromatic rings. The first-order valence-electron chi connectivity index (χ1n) is 9.97. The zero-order valence-corrected chi connectivity index (χ0v) is 18.3. The fourth-order valence-corrected chi connectivity index (χ4v) is 7.24. The molecule has 0 aliphatic heterocycles. The summed E-state index contributed by atoms with van der Waals surface area (Å²) >= 11 is 0. The zero-order chi connectivity index (χ0) is 20.5. The third-order valence-electron chi connectivity index (χ3n) is 5.76. The molecule has 29 heavy (non-hydrogen) atoms. The number of aryl methyl sites for hydroxylation is 3. The number of phenols is 1. The van der Waals surface area contributed by atoms with Crippen LogP contribution in [0, 0.1) is 13.8 Å². The van der Waals surface area contributed by atoms with Gasteiger partial charge in [-0.3, -0.25) is 0 Å². The minimum atomic E-state index is -1.07. The Labute approximate surface area is 174 Å². The second-order valence-electron chi connectivity index (χ2n) is 7.51. The van der Waals surface area contributed by atoms with Crippen LogP contribution in [0.3, 0.4) is 0 Å². The van der Waals surface area contributed by atoms with Gasteiger partial charge in [-0.05, 0) is 81.5 Å². The van der Waals surface area contributed by atoms with Crippen LogP contribution in [0.4, 0.5) is 0 Å². The van der Waals surface area contributed by atoms with Gasteiger partial charge >= 0.3 is 0 Å². The van der Waals surface area contributed by atoms with Crippen LogP contribution in [0.15, 0.2) is 48.5 Å². The molecule has 0 saturated heterocycles.